The van der Waals surface area contributed by atoms with Gasteiger partial charge in [-0.3, -0.25) is 0 Å². The lowest BCUT2D eigenvalue weighted by molar-refractivity contribution is 0.339. The summed E-state index contributed by atoms with van der Waals surface area (Å²) in [5, 5.41) is 0. The largest absolute Gasteiger partial charge is 0.311 e. The SMILES string of the molecule is CC(C)(C)c1ccc(N(c2ccccc2)c2cc3c4c(c2)N(c2ccc(C(C)(C)C)cc2)c2c(sc5c2C(C)(C)CCC5(C)C)B4c2cc(C(C)(C)C)ccc2N3c2ccc(C(C)(C)C)cc2)cc1. The summed E-state index contributed by atoms with van der Waals surface area (Å²) in [7, 11) is 0. The number of thiophene rings is 1. The van der Waals surface area contributed by atoms with Crippen molar-refractivity contribution in [1.29, 1.82) is 0 Å². The lowest BCUT2D eigenvalue weighted by atomic mass is 9.35. The first-order valence-electron chi connectivity index (χ1n) is 25.5. The Morgan fingerprint density at radius 3 is 1.43 bits per heavy atom. The maximum atomic E-state index is 2.71. The normalized spacial score (nSPS) is 16.1. The molecule has 1 aliphatic carbocycles. The zero-order valence-electron chi connectivity index (χ0n) is 44.4. The van der Waals surface area contributed by atoms with Crippen LogP contribution in [0.25, 0.3) is 0 Å². The Balaban J connectivity index is 1.36. The van der Waals surface area contributed by atoms with E-state index in [2.05, 4.69) is 270 Å². The smallest absolute Gasteiger partial charge is 0.264 e. The van der Waals surface area contributed by atoms with Crippen LogP contribution in [0.1, 0.15) is 156 Å². The molecule has 0 radical (unpaired) electrons. The van der Waals surface area contributed by atoms with E-state index in [0.717, 1.165) is 23.5 Å². The highest BCUT2D eigenvalue weighted by atomic mass is 32.1. The molecular formula is C64H74BN3S. The van der Waals surface area contributed by atoms with Crippen LogP contribution in [0.15, 0.2) is 133 Å². The maximum absolute atomic E-state index is 2.71. The number of hydrogen-bond donors (Lipinski definition) is 0. The average Bonchev–Trinajstić information content (AvgIpc) is 3.70. The summed E-state index contributed by atoms with van der Waals surface area (Å²) in [5.74, 6) is 0. The minimum absolute atomic E-state index is 0.0209. The molecule has 2 aliphatic heterocycles. The molecule has 7 aromatic rings. The number of anilines is 9. The van der Waals surface area contributed by atoms with Crippen LogP contribution in [0.5, 0.6) is 0 Å². The molecule has 3 heterocycles. The second-order valence-electron chi connectivity index (χ2n) is 25.9. The monoisotopic (exact) mass is 928 g/mol. The summed E-state index contributed by atoms with van der Waals surface area (Å²) in [4.78, 5) is 9.36. The summed E-state index contributed by atoms with van der Waals surface area (Å²) in [6, 6.07) is 51.8. The molecule has 354 valence electrons. The van der Waals surface area contributed by atoms with Crippen LogP contribution < -0.4 is 30.4 Å². The van der Waals surface area contributed by atoms with Crippen LogP contribution in [0, 0.1) is 0 Å². The molecular weight excluding hydrogens is 854 g/mol. The molecule has 0 saturated carbocycles. The van der Waals surface area contributed by atoms with E-state index in [1.54, 1.807) is 4.88 Å². The first-order valence-corrected chi connectivity index (χ1v) is 26.3. The first kappa shape index (κ1) is 47.2. The van der Waals surface area contributed by atoms with Crippen molar-refractivity contribution in [1.82, 2.24) is 0 Å². The molecule has 0 unspecified atom stereocenters. The maximum Gasteiger partial charge on any atom is 0.264 e. The highest BCUT2D eigenvalue weighted by molar-refractivity contribution is 7.29. The third-order valence-electron chi connectivity index (χ3n) is 15.6. The van der Waals surface area contributed by atoms with Crippen molar-refractivity contribution in [3.63, 3.8) is 0 Å². The van der Waals surface area contributed by atoms with Gasteiger partial charge in [-0.1, -0.05) is 178 Å². The van der Waals surface area contributed by atoms with Crippen molar-refractivity contribution in [2.24, 2.45) is 0 Å². The molecule has 69 heavy (non-hydrogen) atoms. The summed E-state index contributed by atoms with van der Waals surface area (Å²) in [6.07, 6.45) is 2.31. The van der Waals surface area contributed by atoms with Gasteiger partial charge in [-0.15, -0.1) is 0 Å². The van der Waals surface area contributed by atoms with Crippen LogP contribution in [-0.2, 0) is 32.5 Å². The van der Waals surface area contributed by atoms with E-state index in [9.17, 15) is 0 Å². The zero-order valence-corrected chi connectivity index (χ0v) is 45.3. The van der Waals surface area contributed by atoms with E-state index in [-0.39, 0.29) is 39.2 Å². The number of para-hydroxylation sites is 1. The van der Waals surface area contributed by atoms with E-state index in [1.165, 1.54) is 84.1 Å². The number of benzene rings is 6. The van der Waals surface area contributed by atoms with Crippen molar-refractivity contribution >= 4 is 84.9 Å². The molecule has 10 rings (SSSR count). The van der Waals surface area contributed by atoms with Gasteiger partial charge in [-0.05, 0) is 151 Å². The van der Waals surface area contributed by atoms with Gasteiger partial charge in [0.25, 0.3) is 6.71 Å². The number of hydrogen-bond acceptors (Lipinski definition) is 4. The van der Waals surface area contributed by atoms with Gasteiger partial charge in [0, 0.05) is 49.5 Å². The van der Waals surface area contributed by atoms with E-state index in [1.807, 2.05) is 0 Å². The third kappa shape index (κ3) is 8.05. The summed E-state index contributed by atoms with van der Waals surface area (Å²) < 4.78 is 1.47. The topological polar surface area (TPSA) is 9.72 Å². The van der Waals surface area contributed by atoms with Gasteiger partial charge < -0.3 is 14.7 Å². The molecule has 1 aromatic heterocycles. The Kier molecular flexibility index (Phi) is 10.9. The van der Waals surface area contributed by atoms with Crippen LogP contribution in [0.3, 0.4) is 0 Å². The van der Waals surface area contributed by atoms with Gasteiger partial charge in [0.1, 0.15) is 0 Å². The number of nitrogens with zero attached hydrogens (tertiary/aromatic N) is 3. The second kappa shape index (κ2) is 16.0. The van der Waals surface area contributed by atoms with E-state index >= 15 is 0 Å². The number of fused-ring (bicyclic) bond motifs is 6. The average molecular weight is 928 g/mol. The van der Waals surface area contributed by atoms with Gasteiger partial charge in [0.15, 0.2) is 0 Å². The Morgan fingerprint density at radius 2 is 0.913 bits per heavy atom. The zero-order chi connectivity index (χ0) is 49.4. The molecule has 0 amide bonds. The minimum Gasteiger partial charge on any atom is -0.311 e. The lowest BCUT2D eigenvalue weighted by Gasteiger charge is -2.46. The van der Waals surface area contributed by atoms with Crippen LogP contribution in [0.2, 0.25) is 0 Å². The summed E-state index contributed by atoms with van der Waals surface area (Å²) in [5.41, 5.74) is 20.6. The molecule has 0 N–H and O–H groups in total. The summed E-state index contributed by atoms with van der Waals surface area (Å²) in [6.45, 7) is 38.0. The van der Waals surface area contributed by atoms with Crippen molar-refractivity contribution < 1.29 is 0 Å². The molecule has 0 spiro atoms. The van der Waals surface area contributed by atoms with Gasteiger partial charge in [0.05, 0.1) is 11.4 Å². The van der Waals surface area contributed by atoms with Crippen LogP contribution in [0.4, 0.5) is 51.2 Å². The lowest BCUT2D eigenvalue weighted by Crippen LogP contribution is -2.61. The van der Waals surface area contributed by atoms with Crippen molar-refractivity contribution in [3.8, 4) is 0 Å². The molecule has 5 heteroatoms. The Morgan fingerprint density at radius 1 is 0.464 bits per heavy atom. The van der Waals surface area contributed by atoms with E-state index in [0.29, 0.717) is 0 Å². The van der Waals surface area contributed by atoms with E-state index in [4.69, 9.17) is 0 Å². The van der Waals surface area contributed by atoms with Crippen molar-refractivity contribution in [2.45, 2.75) is 156 Å². The van der Waals surface area contributed by atoms with Crippen LogP contribution >= 0.6 is 11.3 Å². The predicted octanol–water partition coefficient (Wildman–Crippen LogP) is 16.8. The highest BCUT2D eigenvalue weighted by Gasteiger charge is 2.51. The van der Waals surface area contributed by atoms with Gasteiger partial charge in [-0.2, -0.15) is 11.3 Å². The fourth-order valence-electron chi connectivity index (χ4n) is 11.3. The van der Waals surface area contributed by atoms with Gasteiger partial charge >= 0.3 is 0 Å². The Labute approximate surface area is 419 Å². The van der Waals surface area contributed by atoms with Crippen molar-refractivity contribution in [3.05, 3.63) is 166 Å². The van der Waals surface area contributed by atoms with Gasteiger partial charge in [0.2, 0.25) is 0 Å². The molecule has 6 aromatic carbocycles. The van der Waals surface area contributed by atoms with Crippen LogP contribution in [-0.4, -0.2) is 6.71 Å². The predicted molar refractivity (Wildman–Crippen MR) is 303 cm³/mol. The first-order chi connectivity index (χ1) is 32.2. The molecule has 0 fully saturated rings. The minimum atomic E-state index is -0.0308. The number of rotatable bonds is 5. The van der Waals surface area contributed by atoms with E-state index < -0.39 is 0 Å². The standard InChI is InChI=1S/C64H74BN3S/c1-59(2,3)41-22-29-46(30-23-41)66(45-20-18-17-19-21-45)49-39-52-55-53(40-49)68(48-33-26-43(27-34-48)61(7,8)9)56-54-57(64(15,16)37-36-63(54,13)14)69-58(56)65(55)50-38-44(62(10,11)12)28-35-51(50)67(52)47-31-24-42(25-32-47)60(4,5)6/h17-35,38-40H,36-37H2,1-16H3. The quantitative estimate of drug-likeness (QED) is 0.159. The fourth-order valence-corrected chi connectivity index (χ4v) is 13.0. The second-order valence-corrected chi connectivity index (χ2v) is 26.9. The molecule has 3 aliphatic rings. The Bertz CT molecular complexity index is 3070. The van der Waals surface area contributed by atoms with Gasteiger partial charge in [-0.25, -0.2) is 0 Å². The molecule has 0 saturated heterocycles. The molecule has 3 nitrogen and oxygen atoms in total. The Hall–Kier alpha value is -5.52. The highest BCUT2D eigenvalue weighted by Crippen LogP contribution is 2.57. The molecule has 0 bridgehead atoms. The third-order valence-corrected chi connectivity index (χ3v) is 17.3. The fraction of sp³-hybridized carbons (Fsp3) is 0.375. The molecule has 0 atom stereocenters. The summed E-state index contributed by atoms with van der Waals surface area (Å²) >= 11 is 2.11. The van der Waals surface area contributed by atoms with Crippen molar-refractivity contribution in [2.75, 3.05) is 14.7 Å².